The van der Waals surface area contributed by atoms with E-state index in [-0.39, 0.29) is 31.0 Å². The molecular formula is C35H33N3O4. The van der Waals surface area contributed by atoms with E-state index in [1.807, 2.05) is 104 Å². The number of esters is 1. The van der Waals surface area contributed by atoms with Gasteiger partial charge in [0, 0.05) is 29.4 Å². The van der Waals surface area contributed by atoms with E-state index in [4.69, 9.17) is 9.47 Å². The van der Waals surface area contributed by atoms with Crippen LogP contribution in [0.25, 0.3) is 10.9 Å². The summed E-state index contributed by atoms with van der Waals surface area (Å²) in [7, 11) is 2.07. The third kappa shape index (κ3) is 5.59. The number of fused-ring (bicyclic) bond motifs is 2. The minimum absolute atomic E-state index is 0.00194. The first-order valence-corrected chi connectivity index (χ1v) is 14.1. The number of para-hydroxylation sites is 3. The number of likely N-dealkylation sites (N-methyl/N-ethyl adjacent to an activating group) is 1. The van der Waals surface area contributed by atoms with Crippen molar-refractivity contribution in [2.24, 2.45) is 0 Å². The lowest BCUT2D eigenvalue weighted by atomic mass is 10.1. The van der Waals surface area contributed by atoms with Crippen molar-refractivity contribution in [1.82, 2.24) is 4.57 Å². The average Bonchev–Trinajstić information content (AvgIpc) is 3.30. The summed E-state index contributed by atoms with van der Waals surface area (Å²) in [5, 5.41) is 4.31. The van der Waals surface area contributed by atoms with E-state index in [2.05, 4.69) is 23.3 Å². The minimum Gasteiger partial charge on any atom is -0.485 e. The van der Waals surface area contributed by atoms with Crippen molar-refractivity contribution in [3.8, 4) is 5.75 Å². The fourth-order valence-corrected chi connectivity index (χ4v) is 5.54. The third-order valence-electron chi connectivity index (χ3n) is 7.72. The normalized spacial score (nSPS) is 14.2. The number of aromatic nitrogens is 1. The van der Waals surface area contributed by atoms with Crippen LogP contribution in [0, 0.1) is 6.92 Å². The molecule has 0 saturated carbocycles. The number of hydrogen-bond donors (Lipinski definition) is 1. The number of carbonyl (C=O) groups excluding carboxylic acids is 2. The molecule has 0 unspecified atom stereocenters. The van der Waals surface area contributed by atoms with Gasteiger partial charge >= 0.3 is 5.97 Å². The second-order valence-corrected chi connectivity index (χ2v) is 10.6. The number of carbonyl (C=O) groups is 2. The van der Waals surface area contributed by atoms with Crippen LogP contribution in [0.1, 0.15) is 27.2 Å². The van der Waals surface area contributed by atoms with Gasteiger partial charge in [-0.2, -0.15) is 0 Å². The number of hydrogen-bond acceptors (Lipinski definition) is 6. The Labute approximate surface area is 245 Å². The molecule has 7 heteroatoms. The summed E-state index contributed by atoms with van der Waals surface area (Å²) in [6, 6.07) is 32.8. The SMILES string of the molecule is Cc1c(CC(=O)OCc2ccccc2)c2ccccc2n1C(=O)c1ccc(NC[C@@H]2CN(C)c3ccccc3O2)cc1. The number of benzene rings is 4. The van der Waals surface area contributed by atoms with Crippen LogP contribution >= 0.6 is 0 Å². The molecule has 1 N–H and O–H groups in total. The molecule has 0 bridgehead atoms. The molecule has 0 saturated heterocycles. The van der Waals surface area contributed by atoms with E-state index in [1.165, 1.54) is 0 Å². The zero-order valence-electron chi connectivity index (χ0n) is 23.7. The number of ether oxygens (including phenoxy) is 2. The molecule has 0 amide bonds. The quantitative estimate of drug-likeness (QED) is 0.227. The van der Waals surface area contributed by atoms with Crippen molar-refractivity contribution >= 4 is 34.2 Å². The van der Waals surface area contributed by atoms with Crippen LogP contribution in [0.15, 0.2) is 103 Å². The monoisotopic (exact) mass is 559 g/mol. The smallest absolute Gasteiger partial charge is 0.310 e. The highest BCUT2D eigenvalue weighted by Crippen LogP contribution is 2.32. The lowest BCUT2D eigenvalue weighted by Gasteiger charge is -2.34. The standard InChI is InChI=1S/C35H33N3O4/c1-24-30(20-34(39)41-23-25-10-4-3-5-11-25)29-12-6-7-13-31(29)38(24)35(40)26-16-18-27(19-17-26)36-21-28-22-37(2)32-14-8-9-15-33(32)42-28/h3-19,28,36H,20-23H2,1-2H3/t28-/m1/s1. The van der Waals surface area contributed by atoms with Gasteiger partial charge in [0.1, 0.15) is 18.5 Å². The average molecular weight is 560 g/mol. The van der Waals surface area contributed by atoms with E-state index in [0.29, 0.717) is 12.1 Å². The van der Waals surface area contributed by atoms with Gasteiger partial charge in [-0.15, -0.1) is 0 Å². The molecule has 1 aliphatic heterocycles. The number of rotatable bonds is 8. The summed E-state index contributed by atoms with van der Waals surface area (Å²) in [6.45, 7) is 3.51. The largest absolute Gasteiger partial charge is 0.485 e. The molecule has 4 aromatic carbocycles. The van der Waals surface area contributed by atoms with Gasteiger partial charge in [-0.05, 0) is 60.5 Å². The summed E-state index contributed by atoms with van der Waals surface area (Å²) in [5.74, 6) is 0.412. The molecule has 1 aliphatic rings. The fraction of sp³-hybridized carbons (Fsp3) is 0.200. The van der Waals surface area contributed by atoms with Crippen molar-refractivity contribution in [2.45, 2.75) is 26.1 Å². The molecule has 6 rings (SSSR count). The summed E-state index contributed by atoms with van der Waals surface area (Å²) in [5.41, 5.74) is 5.80. The molecule has 2 heterocycles. The molecule has 0 fully saturated rings. The second kappa shape index (κ2) is 11.8. The summed E-state index contributed by atoms with van der Waals surface area (Å²) < 4.78 is 13.4. The Hall–Kier alpha value is -5.04. The van der Waals surface area contributed by atoms with E-state index >= 15 is 0 Å². The van der Waals surface area contributed by atoms with Gasteiger partial charge in [0.25, 0.3) is 5.91 Å². The second-order valence-electron chi connectivity index (χ2n) is 10.6. The highest BCUT2D eigenvalue weighted by molar-refractivity contribution is 6.04. The molecular weight excluding hydrogens is 526 g/mol. The fourth-order valence-electron chi connectivity index (χ4n) is 5.54. The van der Waals surface area contributed by atoms with E-state index in [0.717, 1.165) is 51.4 Å². The first-order valence-electron chi connectivity index (χ1n) is 14.1. The van der Waals surface area contributed by atoms with Crippen LogP contribution in [0.2, 0.25) is 0 Å². The molecule has 7 nitrogen and oxygen atoms in total. The van der Waals surface area contributed by atoms with Crippen LogP contribution in [-0.2, 0) is 22.6 Å². The summed E-state index contributed by atoms with van der Waals surface area (Å²) >= 11 is 0. The Morgan fingerprint density at radius 3 is 2.43 bits per heavy atom. The maximum Gasteiger partial charge on any atom is 0.310 e. The molecule has 0 radical (unpaired) electrons. The maximum atomic E-state index is 13.8. The first-order chi connectivity index (χ1) is 20.5. The molecule has 0 aliphatic carbocycles. The molecule has 1 atom stereocenters. The Bertz CT molecular complexity index is 1730. The van der Waals surface area contributed by atoms with E-state index in [1.54, 1.807) is 4.57 Å². The molecule has 42 heavy (non-hydrogen) atoms. The van der Waals surface area contributed by atoms with Crippen LogP contribution < -0.4 is 15.0 Å². The first kappa shape index (κ1) is 27.1. The van der Waals surface area contributed by atoms with E-state index < -0.39 is 0 Å². The number of nitrogens with one attached hydrogen (secondary N) is 1. The van der Waals surface area contributed by atoms with Gasteiger partial charge in [0.2, 0.25) is 0 Å². The molecule has 1 aromatic heterocycles. The molecule has 212 valence electrons. The van der Waals surface area contributed by atoms with Gasteiger partial charge in [-0.25, -0.2) is 0 Å². The Morgan fingerprint density at radius 2 is 1.62 bits per heavy atom. The highest BCUT2D eigenvalue weighted by atomic mass is 16.5. The molecule has 5 aromatic rings. The Kier molecular flexibility index (Phi) is 7.64. The van der Waals surface area contributed by atoms with Gasteiger partial charge < -0.3 is 19.7 Å². The Morgan fingerprint density at radius 1 is 0.905 bits per heavy atom. The number of anilines is 2. The van der Waals surface area contributed by atoms with Gasteiger partial charge in [0.05, 0.1) is 30.7 Å². The van der Waals surface area contributed by atoms with Crippen molar-refractivity contribution in [2.75, 3.05) is 30.4 Å². The van der Waals surface area contributed by atoms with Crippen molar-refractivity contribution in [3.63, 3.8) is 0 Å². The predicted molar refractivity (Wildman–Crippen MR) is 165 cm³/mol. The van der Waals surface area contributed by atoms with Gasteiger partial charge in [0.15, 0.2) is 0 Å². The third-order valence-corrected chi connectivity index (χ3v) is 7.72. The summed E-state index contributed by atoms with van der Waals surface area (Å²) in [4.78, 5) is 28.8. The zero-order chi connectivity index (χ0) is 29.1. The van der Waals surface area contributed by atoms with Crippen molar-refractivity contribution < 1.29 is 19.1 Å². The maximum absolute atomic E-state index is 13.8. The van der Waals surface area contributed by atoms with Gasteiger partial charge in [-0.3, -0.25) is 14.2 Å². The zero-order valence-corrected chi connectivity index (χ0v) is 23.7. The molecule has 0 spiro atoms. The topological polar surface area (TPSA) is 72.8 Å². The highest BCUT2D eigenvalue weighted by Gasteiger charge is 2.24. The van der Waals surface area contributed by atoms with Crippen LogP contribution in [0.3, 0.4) is 0 Å². The Balaban J connectivity index is 1.15. The lowest BCUT2D eigenvalue weighted by Crippen LogP contribution is -2.41. The van der Waals surface area contributed by atoms with Gasteiger partial charge in [-0.1, -0.05) is 60.7 Å². The van der Waals surface area contributed by atoms with Crippen LogP contribution in [0.4, 0.5) is 11.4 Å². The van der Waals surface area contributed by atoms with E-state index in [9.17, 15) is 9.59 Å². The minimum atomic E-state index is -0.329. The van der Waals surface area contributed by atoms with Crippen molar-refractivity contribution in [1.29, 1.82) is 0 Å². The predicted octanol–water partition coefficient (Wildman–Crippen LogP) is 6.23. The van der Waals surface area contributed by atoms with Crippen LogP contribution in [0.5, 0.6) is 5.75 Å². The van der Waals surface area contributed by atoms with Crippen LogP contribution in [-0.4, -0.2) is 42.7 Å². The van der Waals surface area contributed by atoms with Crippen molar-refractivity contribution in [3.05, 3.63) is 126 Å². The number of nitrogens with zero attached hydrogens (tertiary/aromatic N) is 2. The lowest BCUT2D eigenvalue weighted by molar-refractivity contribution is -0.144. The summed E-state index contributed by atoms with van der Waals surface area (Å²) in [6.07, 6.45) is 0.0866.